The van der Waals surface area contributed by atoms with Gasteiger partial charge in [-0.1, -0.05) is 0 Å². The zero-order chi connectivity index (χ0) is 18.8. The zero-order valence-electron chi connectivity index (χ0n) is 16.3. The number of carbonyl (C=O) groups excluding carboxylic acids is 2. The van der Waals surface area contributed by atoms with E-state index in [-0.39, 0.29) is 30.8 Å². The molecule has 1 amide bonds. The van der Waals surface area contributed by atoms with Crippen molar-refractivity contribution in [3.63, 3.8) is 0 Å². The first-order valence-electron chi connectivity index (χ1n) is 9.80. The molecule has 2 heterocycles. The Hall–Kier alpha value is -1.18. The molecule has 0 aliphatic carbocycles. The molecule has 7 heteroatoms. The fourth-order valence-electron chi connectivity index (χ4n) is 3.71. The molecule has 2 aliphatic rings. The van der Waals surface area contributed by atoms with Crippen LogP contribution in [-0.2, 0) is 23.8 Å². The Kier molecular flexibility index (Phi) is 9.36. The Morgan fingerprint density at radius 1 is 1.12 bits per heavy atom. The van der Waals surface area contributed by atoms with Crippen LogP contribution in [0.5, 0.6) is 0 Å². The average molecular weight is 370 g/mol. The van der Waals surface area contributed by atoms with Crippen LogP contribution in [0.4, 0.5) is 0 Å². The van der Waals surface area contributed by atoms with Crippen molar-refractivity contribution in [2.45, 2.75) is 44.6 Å². The maximum absolute atomic E-state index is 12.7. The lowest BCUT2D eigenvalue weighted by atomic mass is 9.95. The highest BCUT2D eigenvalue weighted by Gasteiger charge is 2.27. The van der Waals surface area contributed by atoms with E-state index < -0.39 is 0 Å². The summed E-state index contributed by atoms with van der Waals surface area (Å²) < 4.78 is 15.5. The maximum Gasteiger partial charge on any atom is 0.306 e. The number of amides is 1. The number of carbonyl (C=O) groups is 2. The van der Waals surface area contributed by atoms with Crippen molar-refractivity contribution >= 4 is 11.9 Å². The summed E-state index contributed by atoms with van der Waals surface area (Å²) in [5.41, 5.74) is 0. The van der Waals surface area contributed by atoms with E-state index in [2.05, 4.69) is 9.64 Å². The van der Waals surface area contributed by atoms with E-state index in [0.717, 1.165) is 65.1 Å². The highest BCUT2D eigenvalue weighted by molar-refractivity contribution is 5.81. The van der Waals surface area contributed by atoms with Gasteiger partial charge in [0, 0.05) is 39.8 Å². The SMILES string of the molecule is COCCN1CCC(CN(C[C@@H]2CCCO2)C(=O)CCC(=O)OC)CC1. The second-order valence-electron chi connectivity index (χ2n) is 7.29. The van der Waals surface area contributed by atoms with Crippen molar-refractivity contribution in [2.24, 2.45) is 5.92 Å². The molecule has 0 saturated carbocycles. The standard InChI is InChI=1S/C19H34N2O5/c1-24-13-11-20-9-7-16(8-10-20)14-21(15-17-4-3-12-26-17)18(22)5-6-19(23)25-2/h16-17H,3-15H2,1-2H3/t17-/m0/s1. The number of ether oxygens (including phenoxy) is 3. The number of methoxy groups -OCH3 is 2. The second-order valence-corrected chi connectivity index (χ2v) is 7.29. The van der Waals surface area contributed by atoms with Gasteiger partial charge < -0.3 is 24.0 Å². The number of nitrogens with zero attached hydrogens (tertiary/aromatic N) is 2. The van der Waals surface area contributed by atoms with Crippen molar-refractivity contribution in [1.82, 2.24) is 9.80 Å². The highest BCUT2D eigenvalue weighted by Crippen LogP contribution is 2.21. The summed E-state index contributed by atoms with van der Waals surface area (Å²) in [5.74, 6) is 0.215. The van der Waals surface area contributed by atoms with Crippen LogP contribution in [0, 0.1) is 5.92 Å². The van der Waals surface area contributed by atoms with Crippen molar-refractivity contribution < 1.29 is 23.8 Å². The Labute approximate surface area is 156 Å². The summed E-state index contributed by atoms with van der Waals surface area (Å²) in [6, 6.07) is 0. The lowest BCUT2D eigenvalue weighted by molar-refractivity contribution is -0.144. The lowest BCUT2D eigenvalue weighted by Gasteiger charge is -2.35. The van der Waals surface area contributed by atoms with Gasteiger partial charge in [-0.15, -0.1) is 0 Å². The summed E-state index contributed by atoms with van der Waals surface area (Å²) in [5, 5.41) is 0. The molecule has 2 rings (SSSR count). The predicted octanol–water partition coefficient (Wildman–Crippen LogP) is 1.31. The quantitative estimate of drug-likeness (QED) is 0.540. The Balaban J connectivity index is 1.83. The van der Waals surface area contributed by atoms with Crippen molar-refractivity contribution in [3.8, 4) is 0 Å². The van der Waals surface area contributed by atoms with Crippen LogP contribution in [0.3, 0.4) is 0 Å². The summed E-state index contributed by atoms with van der Waals surface area (Å²) in [6.07, 6.45) is 4.76. The smallest absolute Gasteiger partial charge is 0.306 e. The molecule has 0 aromatic carbocycles. The molecule has 2 aliphatic heterocycles. The molecule has 0 radical (unpaired) electrons. The van der Waals surface area contributed by atoms with Crippen LogP contribution >= 0.6 is 0 Å². The van der Waals surface area contributed by atoms with Gasteiger partial charge in [0.1, 0.15) is 0 Å². The van der Waals surface area contributed by atoms with Crippen molar-refractivity contribution in [2.75, 3.05) is 60.2 Å². The number of hydrogen-bond acceptors (Lipinski definition) is 6. The summed E-state index contributed by atoms with van der Waals surface area (Å²) in [6.45, 7) is 6.04. The van der Waals surface area contributed by atoms with E-state index in [0.29, 0.717) is 12.5 Å². The first-order chi connectivity index (χ1) is 12.6. The summed E-state index contributed by atoms with van der Waals surface area (Å²) in [7, 11) is 3.09. The van der Waals surface area contributed by atoms with E-state index >= 15 is 0 Å². The number of hydrogen-bond donors (Lipinski definition) is 0. The molecule has 7 nitrogen and oxygen atoms in total. The topological polar surface area (TPSA) is 68.3 Å². The van der Waals surface area contributed by atoms with E-state index in [1.807, 2.05) is 4.90 Å². The summed E-state index contributed by atoms with van der Waals surface area (Å²) in [4.78, 5) is 28.4. The minimum absolute atomic E-state index is 0.0349. The monoisotopic (exact) mass is 370 g/mol. The molecule has 0 aromatic heterocycles. The van der Waals surface area contributed by atoms with E-state index in [4.69, 9.17) is 9.47 Å². The third-order valence-electron chi connectivity index (χ3n) is 5.37. The number of likely N-dealkylation sites (tertiary alicyclic amines) is 1. The van der Waals surface area contributed by atoms with Crippen LogP contribution in [0.1, 0.15) is 38.5 Å². The highest BCUT2D eigenvalue weighted by atomic mass is 16.5. The van der Waals surface area contributed by atoms with Crippen LogP contribution in [-0.4, -0.2) is 87.9 Å². The van der Waals surface area contributed by atoms with E-state index in [1.165, 1.54) is 7.11 Å². The summed E-state index contributed by atoms with van der Waals surface area (Å²) >= 11 is 0. The first kappa shape index (κ1) is 21.1. The van der Waals surface area contributed by atoms with Gasteiger partial charge >= 0.3 is 5.97 Å². The Morgan fingerprint density at radius 2 is 1.88 bits per heavy atom. The molecule has 150 valence electrons. The van der Waals surface area contributed by atoms with Gasteiger partial charge in [-0.2, -0.15) is 0 Å². The molecule has 0 N–H and O–H groups in total. The molecule has 0 bridgehead atoms. The Bertz CT molecular complexity index is 432. The lowest BCUT2D eigenvalue weighted by Crippen LogP contribution is -2.44. The first-order valence-corrected chi connectivity index (χ1v) is 9.80. The van der Waals surface area contributed by atoms with Crippen LogP contribution in [0.2, 0.25) is 0 Å². The van der Waals surface area contributed by atoms with Crippen molar-refractivity contribution in [3.05, 3.63) is 0 Å². The minimum atomic E-state index is -0.332. The average Bonchev–Trinajstić information content (AvgIpc) is 3.17. The van der Waals surface area contributed by atoms with Crippen molar-refractivity contribution in [1.29, 1.82) is 0 Å². The maximum atomic E-state index is 12.7. The molecule has 0 unspecified atom stereocenters. The largest absolute Gasteiger partial charge is 0.469 e. The third-order valence-corrected chi connectivity index (χ3v) is 5.37. The number of esters is 1. The molecular formula is C19H34N2O5. The molecule has 0 spiro atoms. The number of piperidine rings is 1. The minimum Gasteiger partial charge on any atom is -0.469 e. The number of rotatable bonds is 10. The molecule has 0 aromatic rings. The van der Waals surface area contributed by atoms with Gasteiger partial charge in [-0.3, -0.25) is 9.59 Å². The van der Waals surface area contributed by atoms with Gasteiger partial charge in [0.2, 0.25) is 5.91 Å². The molecule has 1 atom stereocenters. The van der Waals surface area contributed by atoms with E-state index in [1.54, 1.807) is 7.11 Å². The van der Waals surface area contributed by atoms with Gasteiger partial charge in [-0.25, -0.2) is 0 Å². The fraction of sp³-hybridized carbons (Fsp3) is 0.895. The van der Waals surface area contributed by atoms with Gasteiger partial charge in [-0.05, 0) is 44.7 Å². The van der Waals surface area contributed by atoms with Gasteiger partial charge in [0.15, 0.2) is 0 Å². The van der Waals surface area contributed by atoms with Gasteiger partial charge in [0.05, 0.1) is 26.2 Å². The molecule has 2 fully saturated rings. The Morgan fingerprint density at radius 3 is 2.50 bits per heavy atom. The molecule has 26 heavy (non-hydrogen) atoms. The predicted molar refractivity (Wildman–Crippen MR) is 97.8 cm³/mol. The van der Waals surface area contributed by atoms with Crippen LogP contribution < -0.4 is 0 Å². The molecule has 2 saturated heterocycles. The van der Waals surface area contributed by atoms with Crippen LogP contribution in [0.25, 0.3) is 0 Å². The fourth-order valence-corrected chi connectivity index (χ4v) is 3.71. The van der Waals surface area contributed by atoms with Gasteiger partial charge in [0.25, 0.3) is 0 Å². The molecular weight excluding hydrogens is 336 g/mol. The third kappa shape index (κ3) is 7.21. The van der Waals surface area contributed by atoms with Crippen LogP contribution in [0.15, 0.2) is 0 Å². The second kappa shape index (κ2) is 11.5. The van der Waals surface area contributed by atoms with E-state index in [9.17, 15) is 9.59 Å². The normalized spacial score (nSPS) is 21.7. The zero-order valence-corrected chi connectivity index (χ0v) is 16.3.